The molecule has 1 atom stereocenters. The molecule has 0 amide bonds. The Kier molecular flexibility index (Phi) is 6.14. The van der Waals surface area contributed by atoms with E-state index < -0.39 is 0 Å². The number of benzene rings is 1. The lowest BCUT2D eigenvalue weighted by Crippen LogP contribution is -2.21. The van der Waals surface area contributed by atoms with Crippen molar-refractivity contribution < 1.29 is 0 Å². The molecule has 0 saturated carbocycles. The fourth-order valence-electron chi connectivity index (χ4n) is 1.49. The quantitative estimate of drug-likeness (QED) is 0.322. The fraction of sp³-hybridized carbons (Fsp3) is 0.357. The Balaban J connectivity index is 2.70. The second-order valence-electron chi connectivity index (χ2n) is 4.50. The third-order valence-corrected chi connectivity index (χ3v) is 4.29. The summed E-state index contributed by atoms with van der Waals surface area (Å²) in [7, 11) is 3.62. The van der Waals surface area contributed by atoms with Crippen LogP contribution in [-0.4, -0.2) is 24.8 Å². The Morgan fingerprint density at radius 3 is 2.47 bits per heavy atom. The fourth-order valence-corrected chi connectivity index (χ4v) is 1.91. The molecular weight excluding hydrogens is 351 g/mol. The minimum Gasteiger partial charge on any atom is -0.385 e. The first kappa shape index (κ1) is 15.8. The zero-order valence-electron chi connectivity index (χ0n) is 11.6. The lowest BCUT2D eigenvalue weighted by molar-refractivity contribution is 0.621. The van der Waals surface area contributed by atoms with Gasteiger partial charge in [0.15, 0.2) is 0 Å². The molecule has 1 rings (SSSR count). The maximum Gasteiger partial charge on any atom is 0.123 e. The molecule has 0 heterocycles. The maximum atomic E-state index is 7.68. The zero-order valence-corrected chi connectivity index (χ0v) is 13.7. The Bertz CT molecular complexity index is 451. The average Bonchev–Trinajstić information content (AvgIpc) is 2.38. The molecule has 4 N–H and O–H groups in total. The molecule has 4 nitrogen and oxygen atoms in total. The van der Waals surface area contributed by atoms with E-state index in [-0.39, 0.29) is 0 Å². The van der Waals surface area contributed by atoms with Crippen LogP contribution >= 0.6 is 22.6 Å². The van der Waals surface area contributed by atoms with Gasteiger partial charge in [0.2, 0.25) is 0 Å². The largest absolute Gasteiger partial charge is 0.385 e. The van der Waals surface area contributed by atoms with Gasteiger partial charge in [0.05, 0.1) is 0 Å². The smallest absolute Gasteiger partial charge is 0.123 e. The van der Waals surface area contributed by atoms with E-state index in [1.165, 1.54) is 5.56 Å². The Hall–Kier alpha value is -1.24. The molecule has 0 saturated heterocycles. The van der Waals surface area contributed by atoms with Crippen LogP contribution in [0.3, 0.4) is 0 Å². The number of halogens is 1. The van der Waals surface area contributed by atoms with Crippen molar-refractivity contribution in [2.24, 2.45) is 5.73 Å². The van der Waals surface area contributed by atoms with Crippen molar-refractivity contribution in [1.29, 1.82) is 5.41 Å². The van der Waals surface area contributed by atoms with Crippen LogP contribution in [0.2, 0.25) is 0 Å². The molecule has 0 aromatic heterocycles. The van der Waals surface area contributed by atoms with Gasteiger partial charge in [-0.1, -0.05) is 41.6 Å². The normalized spacial score (nSPS) is 12.9. The van der Waals surface area contributed by atoms with Crippen LogP contribution in [0, 0.1) is 5.41 Å². The van der Waals surface area contributed by atoms with E-state index in [1.807, 2.05) is 26.2 Å². The predicted molar refractivity (Wildman–Crippen MR) is 90.8 cm³/mol. The number of hydrogen-bond donors (Lipinski definition) is 3. The molecule has 0 aliphatic rings. The minimum absolute atomic E-state index is 0.361. The number of likely N-dealkylation sites (N-methyl/N-ethyl adjacent to an activating group) is 1. The highest BCUT2D eigenvalue weighted by Gasteiger charge is 2.04. The van der Waals surface area contributed by atoms with Crippen LogP contribution in [0.5, 0.6) is 0 Å². The summed E-state index contributed by atoms with van der Waals surface area (Å²) in [4.78, 5) is 1.69. The van der Waals surface area contributed by atoms with Crippen LogP contribution in [0.4, 0.5) is 5.69 Å². The van der Waals surface area contributed by atoms with Crippen molar-refractivity contribution in [3.8, 4) is 0 Å². The van der Waals surface area contributed by atoms with Crippen molar-refractivity contribution in [1.82, 2.24) is 4.90 Å². The van der Waals surface area contributed by atoms with E-state index >= 15 is 0 Å². The summed E-state index contributed by atoms with van der Waals surface area (Å²) in [5.41, 5.74) is 8.10. The first-order valence-corrected chi connectivity index (χ1v) is 7.42. The van der Waals surface area contributed by atoms with Crippen LogP contribution < -0.4 is 11.1 Å². The van der Waals surface area contributed by atoms with Gasteiger partial charge < -0.3 is 16.0 Å². The summed E-state index contributed by atoms with van der Waals surface area (Å²) < 4.78 is 0.543. The molecule has 0 bridgehead atoms. The highest BCUT2D eigenvalue weighted by molar-refractivity contribution is 14.1. The third kappa shape index (κ3) is 5.10. The highest BCUT2D eigenvalue weighted by atomic mass is 127. The highest BCUT2D eigenvalue weighted by Crippen LogP contribution is 2.27. The van der Waals surface area contributed by atoms with Crippen molar-refractivity contribution in [2.45, 2.75) is 17.3 Å². The van der Waals surface area contributed by atoms with Gasteiger partial charge in [0.25, 0.3) is 0 Å². The number of hydrogen-bond acceptors (Lipinski definition) is 3. The Labute approximate surface area is 128 Å². The number of amidine groups is 1. The molecular formula is C14H21IN4. The van der Waals surface area contributed by atoms with Crippen molar-refractivity contribution >= 4 is 34.1 Å². The van der Waals surface area contributed by atoms with Gasteiger partial charge in [0, 0.05) is 29.8 Å². The summed E-state index contributed by atoms with van der Waals surface area (Å²) in [6, 6.07) is 8.23. The van der Waals surface area contributed by atoms with E-state index in [0.29, 0.717) is 15.6 Å². The molecule has 5 heteroatoms. The molecule has 0 fully saturated rings. The molecule has 104 valence electrons. The summed E-state index contributed by atoms with van der Waals surface area (Å²) in [5.74, 6) is 0.827. The van der Waals surface area contributed by atoms with E-state index in [1.54, 1.807) is 11.0 Å². The topological polar surface area (TPSA) is 65.1 Å². The third-order valence-electron chi connectivity index (χ3n) is 2.69. The first-order chi connectivity index (χ1) is 8.93. The second-order valence-corrected chi connectivity index (χ2v) is 6.01. The van der Waals surface area contributed by atoms with Gasteiger partial charge >= 0.3 is 0 Å². The van der Waals surface area contributed by atoms with Crippen LogP contribution in [-0.2, 0) is 0 Å². The molecule has 0 aliphatic heterocycles. The average molecular weight is 372 g/mol. The summed E-state index contributed by atoms with van der Waals surface area (Å²) >= 11 is 2.44. The SMILES string of the molecule is CCC(I)c1ccc(N/C(N)=C/C(=N)N(C)C)cc1. The van der Waals surface area contributed by atoms with Crippen molar-refractivity contribution in [2.75, 3.05) is 19.4 Å². The monoisotopic (exact) mass is 372 g/mol. The minimum atomic E-state index is 0.361. The molecule has 0 aliphatic carbocycles. The maximum absolute atomic E-state index is 7.68. The summed E-state index contributed by atoms with van der Waals surface area (Å²) in [5, 5.41) is 10.8. The van der Waals surface area contributed by atoms with Gasteiger partial charge in [-0.05, 0) is 24.1 Å². The molecule has 1 aromatic carbocycles. The van der Waals surface area contributed by atoms with Crippen LogP contribution in [0.15, 0.2) is 36.2 Å². The van der Waals surface area contributed by atoms with E-state index in [4.69, 9.17) is 11.1 Å². The lowest BCUT2D eigenvalue weighted by atomic mass is 10.1. The number of rotatable bonds is 5. The van der Waals surface area contributed by atoms with Gasteiger partial charge in [-0.3, -0.25) is 5.41 Å². The van der Waals surface area contributed by atoms with Gasteiger partial charge in [0.1, 0.15) is 11.7 Å². The van der Waals surface area contributed by atoms with E-state index in [2.05, 4.69) is 47.0 Å². The number of alkyl halides is 1. The molecule has 0 radical (unpaired) electrons. The first-order valence-electron chi connectivity index (χ1n) is 6.18. The zero-order chi connectivity index (χ0) is 14.4. The van der Waals surface area contributed by atoms with E-state index in [9.17, 15) is 0 Å². The molecule has 1 aromatic rings. The molecule has 0 spiro atoms. The van der Waals surface area contributed by atoms with Crippen molar-refractivity contribution in [3.63, 3.8) is 0 Å². The summed E-state index contributed by atoms with van der Waals surface area (Å²) in [6.07, 6.45) is 2.72. The number of anilines is 1. The molecule has 1 unspecified atom stereocenters. The van der Waals surface area contributed by atoms with Crippen LogP contribution in [0.25, 0.3) is 0 Å². The van der Waals surface area contributed by atoms with Crippen LogP contribution in [0.1, 0.15) is 22.8 Å². The number of nitrogens with zero attached hydrogens (tertiary/aromatic N) is 1. The Morgan fingerprint density at radius 2 is 2.00 bits per heavy atom. The summed E-state index contributed by atoms with van der Waals surface area (Å²) in [6.45, 7) is 2.18. The number of nitrogens with two attached hydrogens (primary N) is 1. The second kappa shape index (κ2) is 7.37. The van der Waals surface area contributed by atoms with Gasteiger partial charge in [-0.25, -0.2) is 0 Å². The lowest BCUT2D eigenvalue weighted by Gasteiger charge is -2.13. The van der Waals surface area contributed by atoms with Gasteiger partial charge in [-0.15, -0.1) is 0 Å². The van der Waals surface area contributed by atoms with Crippen molar-refractivity contribution in [3.05, 3.63) is 41.7 Å². The van der Waals surface area contributed by atoms with E-state index in [0.717, 1.165) is 12.1 Å². The van der Waals surface area contributed by atoms with Gasteiger partial charge in [-0.2, -0.15) is 0 Å². The number of nitrogens with one attached hydrogen (secondary N) is 2. The predicted octanol–water partition coefficient (Wildman–Crippen LogP) is 3.32. The molecule has 19 heavy (non-hydrogen) atoms. The standard InChI is InChI=1S/C14H21IN4/c1-4-12(15)10-5-7-11(8-6-10)18-13(16)9-14(17)19(2)3/h5-9,12,17-18H,4,16H2,1-3H3/b13-9+,17-14?. The Morgan fingerprint density at radius 1 is 1.42 bits per heavy atom.